The highest BCUT2D eigenvalue weighted by atomic mass is 32.1. The van der Waals surface area contributed by atoms with Crippen LogP contribution in [0.1, 0.15) is 44.4 Å². The first kappa shape index (κ1) is 20.5. The van der Waals surface area contributed by atoms with Gasteiger partial charge in [-0.25, -0.2) is 10.0 Å². The van der Waals surface area contributed by atoms with E-state index in [9.17, 15) is 14.7 Å². The summed E-state index contributed by atoms with van der Waals surface area (Å²) in [5, 5.41) is 16.7. The zero-order valence-electron chi connectivity index (χ0n) is 18.0. The van der Waals surface area contributed by atoms with Crippen LogP contribution in [0, 0.1) is 16.7 Å². The van der Waals surface area contributed by atoms with Crippen LogP contribution in [0.2, 0.25) is 0 Å². The molecule has 2 aliphatic carbocycles. The molecule has 2 saturated carbocycles. The lowest BCUT2D eigenvalue weighted by Gasteiger charge is -2.38. The highest BCUT2D eigenvalue weighted by Gasteiger charge is 2.75. The van der Waals surface area contributed by atoms with E-state index in [1.165, 1.54) is 11.3 Å². The van der Waals surface area contributed by atoms with E-state index in [2.05, 4.69) is 20.4 Å². The van der Waals surface area contributed by atoms with Crippen molar-refractivity contribution in [3.05, 3.63) is 65.4 Å². The van der Waals surface area contributed by atoms with Crippen LogP contribution in [-0.4, -0.2) is 28.0 Å². The number of nitrogens with zero attached hydrogens (tertiary/aromatic N) is 2. The van der Waals surface area contributed by atoms with Crippen LogP contribution in [0.3, 0.4) is 0 Å². The SMILES string of the molecule is C=CC[C@](O)(C(=O)N1[C@H]2C[C@H]3CC[C@]2(C(=O)N1c1ccccc1)C3(C)C)c1cccs1. The summed E-state index contributed by atoms with van der Waals surface area (Å²) in [6, 6.07) is 12.7. The van der Waals surface area contributed by atoms with Crippen molar-refractivity contribution in [2.45, 2.75) is 51.2 Å². The number of carbonyl (C=O) groups excluding carboxylic acids is 2. The number of hydrogen-bond donors (Lipinski definition) is 1. The quantitative estimate of drug-likeness (QED) is 0.702. The number of para-hydroxylation sites is 1. The molecule has 5 nitrogen and oxygen atoms in total. The lowest BCUT2D eigenvalue weighted by Crippen LogP contribution is -2.55. The van der Waals surface area contributed by atoms with Crippen molar-refractivity contribution >= 4 is 28.8 Å². The number of rotatable bonds is 5. The normalized spacial score (nSPS) is 30.4. The number of benzene rings is 1. The molecular weight excluding hydrogens is 408 g/mol. The van der Waals surface area contributed by atoms with Gasteiger partial charge in [0.1, 0.15) is 0 Å². The van der Waals surface area contributed by atoms with Crippen LogP contribution < -0.4 is 5.01 Å². The molecule has 4 atom stereocenters. The van der Waals surface area contributed by atoms with Crippen LogP contribution in [-0.2, 0) is 15.2 Å². The summed E-state index contributed by atoms with van der Waals surface area (Å²) in [6.45, 7) is 8.13. The largest absolute Gasteiger partial charge is 0.374 e. The van der Waals surface area contributed by atoms with Crippen LogP contribution in [0.15, 0.2) is 60.5 Å². The lowest BCUT2D eigenvalue weighted by atomic mass is 9.67. The Morgan fingerprint density at radius 2 is 2.03 bits per heavy atom. The molecular formula is C25H28N2O3S. The molecule has 1 aliphatic heterocycles. The number of hydrogen-bond acceptors (Lipinski definition) is 4. The summed E-state index contributed by atoms with van der Waals surface area (Å²) in [5.41, 5.74) is -1.90. The average molecular weight is 437 g/mol. The summed E-state index contributed by atoms with van der Waals surface area (Å²) in [4.78, 5) is 28.8. The Morgan fingerprint density at radius 3 is 2.65 bits per heavy atom. The molecule has 162 valence electrons. The molecule has 0 unspecified atom stereocenters. The van der Waals surface area contributed by atoms with E-state index in [0.29, 0.717) is 16.5 Å². The number of anilines is 1. The van der Waals surface area contributed by atoms with Gasteiger partial charge < -0.3 is 5.11 Å². The Kier molecular flexibility index (Phi) is 4.47. The van der Waals surface area contributed by atoms with Gasteiger partial charge in [0, 0.05) is 11.3 Å². The van der Waals surface area contributed by atoms with Crippen LogP contribution >= 0.6 is 11.3 Å². The lowest BCUT2D eigenvalue weighted by molar-refractivity contribution is -0.155. The van der Waals surface area contributed by atoms with E-state index in [4.69, 9.17) is 0 Å². The first-order valence-electron chi connectivity index (χ1n) is 10.9. The first-order valence-corrected chi connectivity index (χ1v) is 11.8. The smallest absolute Gasteiger partial charge is 0.279 e. The molecule has 1 aromatic carbocycles. The molecule has 2 amide bonds. The Bertz CT molecular complexity index is 1030. The Balaban J connectivity index is 1.67. The molecule has 3 aliphatic rings. The van der Waals surface area contributed by atoms with Gasteiger partial charge in [-0.2, -0.15) is 0 Å². The fourth-order valence-electron chi connectivity index (χ4n) is 6.44. The van der Waals surface area contributed by atoms with Gasteiger partial charge in [-0.3, -0.25) is 9.59 Å². The summed E-state index contributed by atoms with van der Waals surface area (Å²) in [6.07, 6.45) is 4.22. The van der Waals surface area contributed by atoms with E-state index in [-0.39, 0.29) is 23.8 Å². The molecule has 31 heavy (non-hydrogen) atoms. The van der Waals surface area contributed by atoms with Crippen molar-refractivity contribution < 1.29 is 14.7 Å². The molecule has 2 heterocycles. The minimum atomic E-state index is -1.75. The zero-order valence-corrected chi connectivity index (χ0v) is 18.8. The molecule has 2 bridgehead atoms. The minimum Gasteiger partial charge on any atom is -0.374 e. The van der Waals surface area contributed by atoms with E-state index in [1.54, 1.807) is 22.2 Å². The maximum Gasteiger partial charge on any atom is 0.279 e. The minimum absolute atomic E-state index is 0.0193. The summed E-state index contributed by atoms with van der Waals surface area (Å²) in [5.74, 6) is -0.0737. The zero-order chi connectivity index (χ0) is 22.0. The number of amides is 2. The van der Waals surface area contributed by atoms with Crippen molar-refractivity contribution in [1.29, 1.82) is 0 Å². The fourth-order valence-corrected chi connectivity index (χ4v) is 7.26. The van der Waals surface area contributed by atoms with Gasteiger partial charge in [0.05, 0.1) is 17.1 Å². The maximum atomic E-state index is 14.2. The van der Waals surface area contributed by atoms with E-state index >= 15 is 0 Å². The van der Waals surface area contributed by atoms with Crippen LogP contribution in [0.5, 0.6) is 0 Å². The van der Waals surface area contributed by atoms with Crippen LogP contribution in [0.25, 0.3) is 0 Å². The summed E-state index contributed by atoms with van der Waals surface area (Å²) >= 11 is 1.34. The van der Waals surface area contributed by atoms with Gasteiger partial charge in [-0.05, 0) is 54.2 Å². The van der Waals surface area contributed by atoms with Gasteiger partial charge in [0.15, 0.2) is 5.60 Å². The highest BCUT2D eigenvalue weighted by molar-refractivity contribution is 7.10. The molecule has 1 aromatic heterocycles. The fraction of sp³-hybridized carbons (Fsp3) is 0.440. The standard InChI is InChI=1S/C25H28N2O3S/c1-4-13-25(30,20-11-8-15-31-20)22(29)27-19-16-17-12-14-24(19,23(17,2)3)21(28)26(27)18-9-6-5-7-10-18/h4-11,15,17,19,30H,1,12-14,16H2,2-3H3/t17-,19+,24+,25-/m1/s1. The van der Waals surface area contributed by atoms with E-state index in [0.717, 1.165) is 19.3 Å². The maximum absolute atomic E-state index is 14.2. The second-order valence-electron chi connectivity index (χ2n) is 9.61. The van der Waals surface area contributed by atoms with Gasteiger partial charge in [0.2, 0.25) is 0 Å². The van der Waals surface area contributed by atoms with Crippen molar-refractivity contribution in [2.75, 3.05) is 5.01 Å². The van der Waals surface area contributed by atoms with Crippen molar-refractivity contribution in [2.24, 2.45) is 16.7 Å². The number of fused-ring (bicyclic) bond motifs is 1. The van der Waals surface area contributed by atoms with Crippen LogP contribution in [0.4, 0.5) is 5.69 Å². The van der Waals surface area contributed by atoms with Crippen molar-refractivity contribution in [3.8, 4) is 0 Å². The van der Waals surface area contributed by atoms with Gasteiger partial charge in [-0.1, -0.05) is 44.2 Å². The average Bonchev–Trinajstić information content (AvgIpc) is 3.49. The molecule has 1 spiro atoms. The third-order valence-electron chi connectivity index (χ3n) is 8.15. The van der Waals surface area contributed by atoms with E-state index < -0.39 is 16.9 Å². The topological polar surface area (TPSA) is 60.9 Å². The number of carbonyl (C=O) groups is 2. The molecule has 6 heteroatoms. The van der Waals surface area contributed by atoms with E-state index in [1.807, 2.05) is 41.8 Å². The third kappa shape index (κ3) is 2.46. The number of hydrazine groups is 1. The monoisotopic (exact) mass is 436 g/mol. The molecule has 2 aromatic rings. The van der Waals surface area contributed by atoms with Gasteiger partial charge in [0.25, 0.3) is 11.8 Å². The third-order valence-corrected chi connectivity index (χ3v) is 9.17. The predicted octanol–water partition coefficient (Wildman–Crippen LogP) is 4.50. The Morgan fingerprint density at radius 1 is 1.29 bits per heavy atom. The molecule has 0 radical (unpaired) electrons. The van der Waals surface area contributed by atoms with Gasteiger partial charge in [-0.15, -0.1) is 17.9 Å². The molecule has 3 fully saturated rings. The number of thiophene rings is 1. The second kappa shape index (κ2) is 6.78. The summed E-state index contributed by atoms with van der Waals surface area (Å²) < 4.78 is 0. The second-order valence-corrected chi connectivity index (χ2v) is 10.6. The Hall–Kier alpha value is -2.44. The molecule has 5 rings (SSSR count). The van der Waals surface area contributed by atoms with Crippen molar-refractivity contribution in [3.63, 3.8) is 0 Å². The first-order chi connectivity index (χ1) is 14.8. The molecule has 1 saturated heterocycles. The Labute approximate surface area is 187 Å². The predicted molar refractivity (Wildman–Crippen MR) is 121 cm³/mol. The number of aliphatic hydroxyl groups is 1. The summed E-state index contributed by atoms with van der Waals surface area (Å²) in [7, 11) is 0. The molecule has 1 N–H and O–H groups in total. The van der Waals surface area contributed by atoms with Gasteiger partial charge >= 0.3 is 0 Å². The van der Waals surface area contributed by atoms with Crippen molar-refractivity contribution in [1.82, 2.24) is 5.01 Å². The highest BCUT2D eigenvalue weighted by Crippen LogP contribution is 2.70.